The van der Waals surface area contributed by atoms with Crippen LogP contribution in [-0.4, -0.2) is 21.3 Å². The van der Waals surface area contributed by atoms with Crippen molar-refractivity contribution in [3.05, 3.63) is 17.5 Å². The number of nitrogens with one attached hydrogen (secondary N) is 1. The van der Waals surface area contributed by atoms with Crippen molar-refractivity contribution in [2.24, 2.45) is 0 Å². The highest BCUT2D eigenvalue weighted by atomic mass is 16.7. The van der Waals surface area contributed by atoms with E-state index in [9.17, 15) is 4.79 Å². The number of hydroxylamine groups is 1. The molecule has 0 radical (unpaired) electrons. The molecule has 1 rings (SSSR count). The third-order valence-electron chi connectivity index (χ3n) is 2.37. The van der Waals surface area contributed by atoms with Gasteiger partial charge in [-0.15, -0.1) is 0 Å². The molecule has 1 amide bonds. The predicted molar refractivity (Wildman–Crippen MR) is 70.3 cm³/mol. The van der Waals surface area contributed by atoms with Crippen molar-refractivity contribution in [1.82, 2.24) is 15.3 Å². The van der Waals surface area contributed by atoms with Gasteiger partial charge in [0.05, 0.1) is 11.3 Å². The lowest BCUT2D eigenvalue weighted by molar-refractivity contribution is -0.0593. The van der Waals surface area contributed by atoms with Crippen LogP contribution in [0.15, 0.2) is 6.07 Å². The summed E-state index contributed by atoms with van der Waals surface area (Å²) in [4.78, 5) is 17.3. The van der Waals surface area contributed by atoms with Gasteiger partial charge in [0.1, 0.15) is 5.69 Å². The Morgan fingerprint density at radius 3 is 2.56 bits per heavy atom. The van der Waals surface area contributed by atoms with Gasteiger partial charge in [-0.1, -0.05) is 13.8 Å². The largest absolute Gasteiger partial charge is 0.293 e. The van der Waals surface area contributed by atoms with Crippen molar-refractivity contribution in [3.63, 3.8) is 0 Å². The number of hydrogen-bond acceptors (Lipinski definition) is 3. The van der Waals surface area contributed by atoms with Crippen molar-refractivity contribution in [2.45, 2.75) is 59.6 Å². The zero-order valence-corrected chi connectivity index (χ0v) is 12.1. The van der Waals surface area contributed by atoms with E-state index >= 15 is 0 Å². The molecule has 18 heavy (non-hydrogen) atoms. The fourth-order valence-corrected chi connectivity index (χ4v) is 1.39. The molecule has 5 nitrogen and oxygen atoms in total. The highest BCUT2D eigenvalue weighted by Gasteiger charge is 2.18. The van der Waals surface area contributed by atoms with Crippen LogP contribution in [0.1, 0.15) is 63.6 Å². The van der Waals surface area contributed by atoms with Crippen molar-refractivity contribution in [1.29, 1.82) is 0 Å². The van der Waals surface area contributed by atoms with Crippen LogP contribution in [-0.2, 0) is 11.4 Å². The first-order valence-electron chi connectivity index (χ1n) is 6.30. The molecule has 0 saturated carbocycles. The average molecular weight is 253 g/mol. The minimum absolute atomic E-state index is 0.258. The third-order valence-corrected chi connectivity index (χ3v) is 2.37. The lowest BCUT2D eigenvalue weighted by Crippen LogP contribution is -2.34. The van der Waals surface area contributed by atoms with Gasteiger partial charge in [-0.25, -0.2) is 5.48 Å². The molecule has 1 N–H and O–H groups in total. The molecule has 5 heteroatoms. The number of carbonyl (C=O) groups is 1. The smallest absolute Gasteiger partial charge is 0.268 e. The maximum absolute atomic E-state index is 12.0. The SMILES string of the molecule is CCn1nc(C(C)C)cc1C(=O)NOC(C)(C)C. The van der Waals surface area contributed by atoms with Gasteiger partial charge in [-0.3, -0.25) is 14.3 Å². The summed E-state index contributed by atoms with van der Waals surface area (Å²) in [6, 6.07) is 1.82. The van der Waals surface area contributed by atoms with Gasteiger partial charge >= 0.3 is 0 Å². The first-order chi connectivity index (χ1) is 8.24. The predicted octanol–water partition coefficient (Wildman–Crippen LogP) is 2.49. The molecule has 0 bridgehead atoms. The normalized spacial score (nSPS) is 11.9. The quantitative estimate of drug-likeness (QED) is 0.839. The lowest BCUT2D eigenvalue weighted by atomic mass is 10.1. The molecule has 0 unspecified atom stereocenters. The van der Waals surface area contributed by atoms with Crippen molar-refractivity contribution in [3.8, 4) is 0 Å². The topological polar surface area (TPSA) is 56.2 Å². The van der Waals surface area contributed by atoms with Crippen LogP contribution in [0.2, 0.25) is 0 Å². The highest BCUT2D eigenvalue weighted by Crippen LogP contribution is 2.15. The van der Waals surface area contributed by atoms with Gasteiger partial charge in [0.15, 0.2) is 0 Å². The third kappa shape index (κ3) is 3.84. The van der Waals surface area contributed by atoms with Gasteiger partial charge in [0.25, 0.3) is 5.91 Å². The van der Waals surface area contributed by atoms with Crippen molar-refractivity contribution in [2.75, 3.05) is 0 Å². The van der Waals surface area contributed by atoms with Crippen LogP contribution in [0.25, 0.3) is 0 Å². The minimum Gasteiger partial charge on any atom is -0.268 e. The van der Waals surface area contributed by atoms with Crippen LogP contribution in [0.3, 0.4) is 0 Å². The van der Waals surface area contributed by atoms with Crippen molar-refractivity contribution >= 4 is 5.91 Å². The van der Waals surface area contributed by atoms with E-state index in [-0.39, 0.29) is 5.91 Å². The van der Waals surface area contributed by atoms with E-state index in [0.29, 0.717) is 18.2 Å². The maximum atomic E-state index is 12.0. The number of aromatic nitrogens is 2. The van der Waals surface area contributed by atoms with Crippen LogP contribution < -0.4 is 5.48 Å². The molecule has 102 valence electrons. The first-order valence-corrected chi connectivity index (χ1v) is 6.30. The lowest BCUT2D eigenvalue weighted by Gasteiger charge is -2.18. The molecule has 0 saturated heterocycles. The van der Waals surface area contributed by atoms with E-state index in [1.54, 1.807) is 4.68 Å². The Morgan fingerprint density at radius 1 is 1.50 bits per heavy atom. The van der Waals surface area contributed by atoms with Gasteiger partial charge < -0.3 is 0 Å². The van der Waals surface area contributed by atoms with E-state index in [1.165, 1.54) is 0 Å². The molecular weight excluding hydrogens is 230 g/mol. The summed E-state index contributed by atoms with van der Waals surface area (Å²) in [5, 5.41) is 4.39. The van der Waals surface area contributed by atoms with Crippen LogP contribution in [0.4, 0.5) is 0 Å². The molecular formula is C13H23N3O2. The van der Waals surface area contributed by atoms with Crippen LogP contribution in [0, 0.1) is 0 Å². The Morgan fingerprint density at radius 2 is 2.11 bits per heavy atom. The van der Waals surface area contributed by atoms with Crippen LogP contribution in [0.5, 0.6) is 0 Å². The molecule has 0 spiro atoms. The second kappa shape index (κ2) is 5.52. The van der Waals surface area contributed by atoms with Gasteiger partial charge in [0.2, 0.25) is 0 Å². The molecule has 1 heterocycles. The molecule has 0 aliphatic heterocycles. The Balaban J connectivity index is 2.84. The molecule has 0 fully saturated rings. The van der Waals surface area contributed by atoms with Gasteiger partial charge in [-0.2, -0.15) is 5.10 Å². The second-order valence-corrected chi connectivity index (χ2v) is 5.57. The summed E-state index contributed by atoms with van der Waals surface area (Å²) >= 11 is 0. The standard InChI is InChI=1S/C13H23N3O2/c1-7-16-11(8-10(14-16)9(2)3)12(17)15-18-13(4,5)6/h8-9H,7H2,1-6H3,(H,15,17). The molecule has 0 aromatic carbocycles. The van der Waals surface area contributed by atoms with Gasteiger partial charge in [-0.05, 0) is 39.7 Å². The van der Waals surface area contributed by atoms with E-state index in [2.05, 4.69) is 24.4 Å². The minimum atomic E-state index is -0.409. The second-order valence-electron chi connectivity index (χ2n) is 5.57. The fraction of sp³-hybridized carbons (Fsp3) is 0.692. The van der Waals surface area contributed by atoms with Crippen LogP contribution >= 0.6 is 0 Å². The monoisotopic (exact) mass is 253 g/mol. The summed E-state index contributed by atoms with van der Waals surface area (Å²) in [6.45, 7) is 12.4. The number of amides is 1. The fourth-order valence-electron chi connectivity index (χ4n) is 1.39. The molecule has 0 aliphatic rings. The number of nitrogens with zero attached hydrogens (tertiary/aromatic N) is 2. The molecule has 0 aliphatic carbocycles. The van der Waals surface area contributed by atoms with Gasteiger partial charge in [0, 0.05) is 6.54 Å². The zero-order valence-electron chi connectivity index (χ0n) is 12.1. The summed E-state index contributed by atoms with van der Waals surface area (Å²) < 4.78 is 1.69. The Kier molecular flexibility index (Phi) is 4.51. The summed E-state index contributed by atoms with van der Waals surface area (Å²) in [6.07, 6.45) is 0. The zero-order chi connectivity index (χ0) is 13.9. The number of hydrogen-bond donors (Lipinski definition) is 1. The Bertz CT molecular complexity index is 416. The van der Waals surface area contributed by atoms with E-state index in [0.717, 1.165) is 5.69 Å². The van der Waals surface area contributed by atoms with E-state index in [4.69, 9.17) is 4.84 Å². The first kappa shape index (κ1) is 14.7. The van der Waals surface area contributed by atoms with E-state index < -0.39 is 5.60 Å². The number of rotatable bonds is 4. The molecule has 0 atom stereocenters. The summed E-state index contributed by atoms with van der Waals surface area (Å²) in [5.41, 5.74) is 3.50. The number of aryl methyl sites for hydroxylation is 1. The average Bonchev–Trinajstić information content (AvgIpc) is 2.68. The van der Waals surface area contributed by atoms with E-state index in [1.807, 2.05) is 33.8 Å². The maximum Gasteiger partial charge on any atom is 0.293 e. The molecule has 1 aromatic heterocycles. The highest BCUT2D eigenvalue weighted by molar-refractivity contribution is 5.91. The summed E-state index contributed by atoms with van der Waals surface area (Å²) in [7, 11) is 0. The molecule has 1 aromatic rings. The number of carbonyl (C=O) groups excluding carboxylic acids is 1. The summed E-state index contributed by atoms with van der Waals surface area (Å²) in [5.74, 6) is 0.0408. The Labute approximate surface area is 108 Å². The van der Waals surface area contributed by atoms with Crippen molar-refractivity contribution < 1.29 is 9.63 Å². The Hall–Kier alpha value is -1.36.